The van der Waals surface area contributed by atoms with Crippen LogP contribution in [0.3, 0.4) is 0 Å². The van der Waals surface area contributed by atoms with Crippen molar-refractivity contribution in [2.75, 3.05) is 6.61 Å². The van der Waals surface area contributed by atoms with Gasteiger partial charge in [0.05, 0.1) is 19.3 Å². The van der Waals surface area contributed by atoms with Crippen LogP contribution < -0.4 is 0 Å². The molecule has 2 aromatic rings. The molecule has 25 heavy (non-hydrogen) atoms. The van der Waals surface area contributed by atoms with E-state index in [4.69, 9.17) is 14.2 Å². The lowest BCUT2D eigenvalue weighted by Gasteiger charge is -2.40. The molecule has 2 aromatic carbocycles. The average Bonchev–Trinajstić information content (AvgIpc) is 2.63. The highest BCUT2D eigenvalue weighted by molar-refractivity contribution is 5.80. The van der Waals surface area contributed by atoms with Crippen molar-refractivity contribution >= 4 is 5.78 Å². The van der Waals surface area contributed by atoms with Gasteiger partial charge in [-0.05, 0) is 11.1 Å². The van der Waals surface area contributed by atoms with Crippen LogP contribution in [-0.4, -0.2) is 36.0 Å². The third kappa shape index (κ3) is 5.21. The van der Waals surface area contributed by atoms with E-state index in [1.54, 1.807) is 0 Å². The summed E-state index contributed by atoms with van der Waals surface area (Å²) < 4.78 is 16.4. The molecule has 1 N–H and O–H groups in total. The number of ether oxygens (including phenoxy) is 3. The fraction of sp³-hybridized carbons (Fsp3) is 0.350. The number of aliphatic hydroxyl groups excluding tert-OH is 1. The van der Waals surface area contributed by atoms with Crippen molar-refractivity contribution < 1.29 is 24.1 Å². The van der Waals surface area contributed by atoms with Crippen molar-refractivity contribution in [1.29, 1.82) is 0 Å². The summed E-state index contributed by atoms with van der Waals surface area (Å²) in [4.78, 5) is 12.0. The molecule has 5 nitrogen and oxygen atoms in total. The highest BCUT2D eigenvalue weighted by Gasteiger charge is 2.43. The molecule has 0 aromatic heterocycles. The summed E-state index contributed by atoms with van der Waals surface area (Å²) in [5.74, 6) is -0.0684. The minimum absolute atomic E-state index is 0.0241. The summed E-state index contributed by atoms with van der Waals surface area (Å²) in [6.07, 6.45) is -1.72. The van der Waals surface area contributed by atoms with Gasteiger partial charge in [-0.3, -0.25) is 4.79 Å². The predicted molar refractivity (Wildman–Crippen MR) is 91.6 cm³/mol. The summed E-state index contributed by atoms with van der Waals surface area (Å²) in [5, 5.41) is 9.70. The lowest BCUT2D eigenvalue weighted by atomic mass is 10.0. The smallest absolute Gasteiger partial charge is 0.184 e. The van der Waals surface area contributed by atoms with Gasteiger partial charge in [0.15, 0.2) is 12.1 Å². The molecule has 3 rings (SSSR count). The fourth-order valence-electron chi connectivity index (χ4n) is 2.69. The lowest BCUT2D eigenvalue weighted by molar-refractivity contribution is -0.320. The molecule has 0 bridgehead atoms. The highest BCUT2D eigenvalue weighted by atomic mass is 16.7. The summed E-state index contributed by atoms with van der Waals surface area (Å²) in [7, 11) is 0. The van der Waals surface area contributed by atoms with Crippen LogP contribution in [0.15, 0.2) is 60.7 Å². The van der Waals surface area contributed by atoms with Gasteiger partial charge in [-0.1, -0.05) is 60.7 Å². The van der Waals surface area contributed by atoms with Gasteiger partial charge in [-0.25, -0.2) is 0 Å². The molecular formula is C20H22O5. The highest BCUT2D eigenvalue weighted by Crippen LogP contribution is 2.26. The van der Waals surface area contributed by atoms with Crippen molar-refractivity contribution in [2.45, 2.75) is 38.1 Å². The molecule has 0 amide bonds. The Morgan fingerprint density at radius 1 is 0.960 bits per heavy atom. The first-order valence-electron chi connectivity index (χ1n) is 8.35. The second-order valence-electron chi connectivity index (χ2n) is 6.05. The standard InChI is InChI=1S/C20H22O5/c21-17(14-23-12-15-7-3-1-4-8-15)11-18-19(20(22)25-18)24-13-16-9-5-2-6-10-16/h1-10,18-20,22H,11-14H2/t18-,19+,20-/m0/s1. The summed E-state index contributed by atoms with van der Waals surface area (Å²) >= 11 is 0. The van der Waals surface area contributed by atoms with E-state index in [2.05, 4.69) is 0 Å². The zero-order valence-corrected chi connectivity index (χ0v) is 13.9. The van der Waals surface area contributed by atoms with Crippen LogP contribution in [-0.2, 0) is 32.2 Å². The first-order valence-corrected chi connectivity index (χ1v) is 8.35. The monoisotopic (exact) mass is 342 g/mol. The number of hydrogen-bond donors (Lipinski definition) is 1. The van der Waals surface area contributed by atoms with Crippen molar-refractivity contribution in [3.8, 4) is 0 Å². The molecular weight excluding hydrogens is 320 g/mol. The van der Waals surface area contributed by atoms with Crippen LogP contribution >= 0.6 is 0 Å². The summed E-state index contributed by atoms with van der Waals surface area (Å²) in [6.45, 7) is 0.798. The average molecular weight is 342 g/mol. The Hall–Kier alpha value is -2.05. The Kier molecular flexibility index (Phi) is 6.30. The van der Waals surface area contributed by atoms with E-state index in [0.717, 1.165) is 11.1 Å². The minimum atomic E-state index is -0.980. The largest absolute Gasteiger partial charge is 0.369 e. The molecule has 0 radical (unpaired) electrons. The van der Waals surface area contributed by atoms with Crippen molar-refractivity contribution in [3.05, 3.63) is 71.8 Å². The maximum atomic E-state index is 12.0. The fourth-order valence-corrected chi connectivity index (χ4v) is 2.69. The molecule has 132 valence electrons. The zero-order valence-electron chi connectivity index (χ0n) is 13.9. The van der Waals surface area contributed by atoms with Crippen LogP contribution in [0.4, 0.5) is 0 Å². The Morgan fingerprint density at radius 2 is 1.56 bits per heavy atom. The van der Waals surface area contributed by atoms with Crippen molar-refractivity contribution in [2.24, 2.45) is 0 Å². The Bertz CT molecular complexity index is 658. The lowest BCUT2D eigenvalue weighted by Crippen LogP contribution is -2.55. The topological polar surface area (TPSA) is 65.0 Å². The number of rotatable bonds is 9. The third-order valence-electron chi connectivity index (χ3n) is 4.05. The molecule has 0 aliphatic carbocycles. The zero-order chi connectivity index (χ0) is 17.5. The van der Waals surface area contributed by atoms with Crippen LogP contribution in [0.25, 0.3) is 0 Å². The number of ketones is 1. The van der Waals surface area contributed by atoms with Crippen LogP contribution in [0.2, 0.25) is 0 Å². The molecule has 1 heterocycles. The van der Waals surface area contributed by atoms with Gasteiger partial charge in [0.2, 0.25) is 0 Å². The van der Waals surface area contributed by atoms with Crippen molar-refractivity contribution in [1.82, 2.24) is 0 Å². The summed E-state index contributed by atoms with van der Waals surface area (Å²) in [5.41, 5.74) is 2.03. The number of carbonyl (C=O) groups is 1. The van der Waals surface area contributed by atoms with Crippen LogP contribution in [0.1, 0.15) is 17.5 Å². The molecule has 5 heteroatoms. The van der Waals surface area contributed by atoms with Crippen LogP contribution in [0, 0.1) is 0 Å². The second-order valence-corrected chi connectivity index (χ2v) is 6.05. The van der Waals surface area contributed by atoms with E-state index in [-0.39, 0.29) is 18.8 Å². The number of benzene rings is 2. The number of hydrogen-bond acceptors (Lipinski definition) is 5. The van der Waals surface area contributed by atoms with Gasteiger partial charge in [-0.15, -0.1) is 0 Å². The molecule has 1 fully saturated rings. The maximum Gasteiger partial charge on any atom is 0.184 e. The molecule has 0 unspecified atom stereocenters. The van der Waals surface area contributed by atoms with E-state index < -0.39 is 18.5 Å². The van der Waals surface area contributed by atoms with E-state index in [9.17, 15) is 9.90 Å². The van der Waals surface area contributed by atoms with Gasteiger partial charge in [-0.2, -0.15) is 0 Å². The molecule has 1 saturated heterocycles. The van der Waals surface area contributed by atoms with Gasteiger partial charge >= 0.3 is 0 Å². The first-order chi connectivity index (χ1) is 12.2. The molecule has 3 atom stereocenters. The minimum Gasteiger partial charge on any atom is -0.369 e. The predicted octanol–water partition coefficient (Wildman–Crippen LogP) is 2.47. The molecule has 0 saturated carbocycles. The van der Waals surface area contributed by atoms with E-state index >= 15 is 0 Å². The van der Waals surface area contributed by atoms with Crippen molar-refractivity contribution in [3.63, 3.8) is 0 Å². The second kappa shape index (κ2) is 8.87. The van der Waals surface area contributed by atoms with Gasteiger partial charge < -0.3 is 19.3 Å². The molecule has 1 aliphatic heterocycles. The first kappa shape index (κ1) is 17.8. The van der Waals surface area contributed by atoms with E-state index in [1.165, 1.54) is 0 Å². The Balaban J connectivity index is 1.38. The summed E-state index contributed by atoms with van der Waals surface area (Å²) in [6, 6.07) is 19.4. The number of Topliss-reactive ketones (excluding diaryl/α,β-unsaturated/α-hetero) is 1. The molecule has 1 aliphatic rings. The van der Waals surface area contributed by atoms with Gasteiger partial charge in [0.1, 0.15) is 12.7 Å². The van der Waals surface area contributed by atoms with E-state index in [0.29, 0.717) is 13.2 Å². The van der Waals surface area contributed by atoms with E-state index in [1.807, 2.05) is 60.7 Å². The number of carbonyl (C=O) groups excluding carboxylic acids is 1. The maximum absolute atomic E-state index is 12.0. The Morgan fingerprint density at radius 3 is 2.16 bits per heavy atom. The normalized spacial score (nSPS) is 22.4. The van der Waals surface area contributed by atoms with Gasteiger partial charge in [0.25, 0.3) is 0 Å². The van der Waals surface area contributed by atoms with Crippen LogP contribution in [0.5, 0.6) is 0 Å². The third-order valence-corrected chi connectivity index (χ3v) is 4.05. The molecule has 0 spiro atoms. The quantitative estimate of drug-likeness (QED) is 0.758. The number of aliphatic hydroxyl groups is 1. The SMILES string of the molecule is O=C(COCc1ccccc1)C[C@@H]1O[C@H](O)[C@@H]1OCc1ccccc1. The van der Waals surface area contributed by atoms with Gasteiger partial charge in [0, 0.05) is 6.42 Å². The Labute approximate surface area is 147 Å².